The van der Waals surface area contributed by atoms with Crippen molar-refractivity contribution in [3.8, 4) is 0 Å². The molecule has 0 spiro atoms. The highest BCUT2D eigenvalue weighted by atomic mass is 15.1. The largest absolute Gasteiger partial charge is 0.345 e. The summed E-state index contributed by atoms with van der Waals surface area (Å²) >= 11 is 0. The first kappa shape index (κ1) is 15.5. The van der Waals surface area contributed by atoms with E-state index in [1.54, 1.807) is 0 Å². The molecule has 0 fully saturated rings. The van der Waals surface area contributed by atoms with Crippen molar-refractivity contribution < 1.29 is 0 Å². The first-order valence-corrected chi connectivity index (χ1v) is 7.73. The Balaban J connectivity index is 2.10. The number of anilines is 2. The molecule has 0 aliphatic carbocycles. The molecule has 0 bridgehead atoms. The molecule has 0 aliphatic heterocycles. The number of nitrogens with zero attached hydrogens (tertiary/aromatic N) is 2. The van der Waals surface area contributed by atoms with E-state index >= 15 is 0 Å². The van der Waals surface area contributed by atoms with Gasteiger partial charge >= 0.3 is 0 Å². The number of hydrogen-bond donors (Lipinski definition) is 1. The van der Waals surface area contributed by atoms with E-state index in [1.807, 2.05) is 6.20 Å². The molecule has 1 heterocycles. The van der Waals surface area contributed by atoms with Crippen LogP contribution in [0.3, 0.4) is 0 Å². The molecule has 1 aromatic heterocycles. The zero-order chi connectivity index (χ0) is 15.1. The van der Waals surface area contributed by atoms with Gasteiger partial charge in [0.15, 0.2) is 0 Å². The molecule has 112 valence electrons. The topological polar surface area (TPSA) is 28.2 Å². The fourth-order valence-corrected chi connectivity index (χ4v) is 2.27. The Labute approximate surface area is 128 Å². The molecular formula is C18H25N3. The first-order chi connectivity index (χ1) is 10.2. The molecule has 1 aromatic carbocycles. The Morgan fingerprint density at radius 1 is 1.05 bits per heavy atom. The normalized spacial score (nSPS) is 10.6. The molecule has 0 saturated carbocycles. The lowest BCUT2D eigenvalue weighted by Gasteiger charge is -2.20. The molecule has 0 saturated heterocycles. The number of hydrogen-bond acceptors (Lipinski definition) is 3. The van der Waals surface area contributed by atoms with Gasteiger partial charge < -0.3 is 10.2 Å². The number of aryl methyl sites for hydroxylation is 1. The third kappa shape index (κ3) is 4.30. The van der Waals surface area contributed by atoms with Gasteiger partial charge in [0, 0.05) is 31.2 Å². The quantitative estimate of drug-likeness (QED) is 0.781. The van der Waals surface area contributed by atoms with Gasteiger partial charge in [0.05, 0.1) is 5.69 Å². The van der Waals surface area contributed by atoms with Crippen LogP contribution in [-0.2, 0) is 13.0 Å². The van der Waals surface area contributed by atoms with Crippen LogP contribution in [0.1, 0.15) is 31.5 Å². The van der Waals surface area contributed by atoms with Crippen LogP contribution in [0.15, 0.2) is 42.6 Å². The molecule has 0 aliphatic rings. The number of aromatic nitrogens is 1. The Hall–Kier alpha value is -1.87. The van der Waals surface area contributed by atoms with E-state index in [0.29, 0.717) is 0 Å². The predicted octanol–water partition coefficient (Wildman–Crippen LogP) is 3.91. The fraction of sp³-hybridized carbons (Fsp3) is 0.389. The van der Waals surface area contributed by atoms with Gasteiger partial charge in [0.2, 0.25) is 0 Å². The Bertz CT molecular complexity index is 549. The molecule has 0 radical (unpaired) electrons. The van der Waals surface area contributed by atoms with Crippen LogP contribution in [0.5, 0.6) is 0 Å². The molecule has 0 atom stereocenters. The summed E-state index contributed by atoms with van der Waals surface area (Å²) in [4.78, 5) is 6.62. The maximum absolute atomic E-state index is 4.43. The van der Waals surface area contributed by atoms with Gasteiger partial charge in [-0.2, -0.15) is 0 Å². The third-order valence-electron chi connectivity index (χ3n) is 3.65. The molecule has 0 amide bonds. The summed E-state index contributed by atoms with van der Waals surface area (Å²) in [6, 6.07) is 12.9. The van der Waals surface area contributed by atoms with Crippen LogP contribution in [0, 0.1) is 0 Å². The van der Waals surface area contributed by atoms with E-state index in [-0.39, 0.29) is 0 Å². The molecule has 2 rings (SSSR count). The Morgan fingerprint density at radius 2 is 1.81 bits per heavy atom. The van der Waals surface area contributed by atoms with E-state index in [2.05, 4.69) is 72.5 Å². The van der Waals surface area contributed by atoms with E-state index in [4.69, 9.17) is 0 Å². The number of rotatable bonds is 7. The summed E-state index contributed by atoms with van der Waals surface area (Å²) in [7, 11) is 2.10. The summed E-state index contributed by atoms with van der Waals surface area (Å²) in [5.74, 6) is 0. The maximum Gasteiger partial charge on any atom is 0.0562 e. The molecule has 3 nitrogen and oxygen atoms in total. The minimum Gasteiger partial charge on any atom is -0.345 e. The smallest absolute Gasteiger partial charge is 0.0562 e. The predicted molar refractivity (Wildman–Crippen MR) is 90.1 cm³/mol. The van der Waals surface area contributed by atoms with Crippen LogP contribution in [0.4, 0.5) is 11.4 Å². The number of benzene rings is 1. The second kappa shape index (κ2) is 7.79. The minimum absolute atomic E-state index is 0.824. The molecular weight excluding hydrogens is 258 g/mol. The number of pyridine rings is 1. The van der Waals surface area contributed by atoms with Crippen LogP contribution < -0.4 is 10.2 Å². The summed E-state index contributed by atoms with van der Waals surface area (Å²) < 4.78 is 0. The lowest BCUT2D eigenvalue weighted by molar-refractivity contribution is 0.664. The van der Waals surface area contributed by atoms with Crippen molar-refractivity contribution in [3.63, 3.8) is 0 Å². The average Bonchev–Trinajstić information content (AvgIpc) is 2.55. The molecule has 0 unspecified atom stereocenters. The lowest BCUT2D eigenvalue weighted by atomic mass is 10.1. The van der Waals surface area contributed by atoms with Gasteiger partial charge in [-0.15, -0.1) is 0 Å². The molecule has 2 aromatic rings. The van der Waals surface area contributed by atoms with E-state index < -0.39 is 0 Å². The van der Waals surface area contributed by atoms with E-state index in [0.717, 1.165) is 31.6 Å². The van der Waals surface area contributed by atoms with Gasteiger partial charge in [0.25, 0.3) is 0 Å². The Kier molecular flexibility index (Phi) is 5.76. The van der Waals surface area contributed by atoms with Gasteiger partial charge in [-0.3, -0.25) is 4.98 Å². The van der Waals surface area contributed by atoms with Crippen LogP contribution >= 0.6 is 0 Å². The highest BCUT2D eigenvalue weighted by Gasteiger charge is 2.05. The van der Waals surface area contributed by atoms with Crippen LogP contribution in [0.2, 0.25) is 0 Å². The summed E-state index contributed by atoms with van der Waals surface area (Å²) in [5, 5.41) is 3.39. The van der Waals surface area contributed by atoms with Crippen molar-refractivity contribution in [2.75, 3.05) is 18.5 Å². The SMILES string of the molecule is CCCNCc1cc(N(C)c2ccc(CC)cc2)ccn1. The Morgan fingerprint density at radius 3 is 2.48 bits per heavy atom. The fourth-order valence-electron chi connectivity index (χ4n) is 2.27. The zero-order valence-electron chi connectivity index (χ0n) is 13.3. The monoisotopic (exact) mass is 283 g/mol. The molecule has 1 N–H and O–H groups in total. The zero-order valence-corrected chi connectivity index (χ0v) is 13.3. The van der Waals surface area contributed by atoms with Crippen LogP contribution in [-0.4, -0.2) is 18.6 Å². The van der Waals surface area contributed by atoms with E-state index in [9.17, 15) is 0 Å². The first-order valence-electron chi connectivity index (χ1n) is 7.73. The molecule has 21 heavy (non-hydrogen) atoms. The third-order valence-corrected chi connectivity index (χ3v) is 3.65. The maximum atomic E-state index is 4.43. The van der Waals surface area contributed by atoms with Crippen molar-refractivity contribution in [1.29, 1.82) is 0 Å². The van der Waals surface area contributed by atoms with Gasteiger partial charge in [-0.1, -0.05) is 26.0 Å². The van der Waals surface area contributed by atoms with Crippen molar-refractivity contribution >= 4 is 11.4 Å². The second-order valence-electron chi connectivity index (χ2n) is 5.26. The highest BCUT2D eigenvalue weighted by molar-refractivity contribution is 5.62. The van der Waals surface area contributed by atoms with Crippen molar-refractivity contribution in [3.05, 3.63) is 53.9 Å². The van der Waals surface area contributed by atoms with Crippen LogP contribution in [0.25, 0.3) is 0 Å². The second-order valence-corrected chi connectivity index (χ2v) is 5.26. The summed E-state index contributed by atoms with van der Waals surface area (Å²) in [6.07, 6.45) is 4.10. The number of nitrogens with one attached hydrogen (secondary N) is 1. The van der Waals surface area contributed by atoms with Gasteiger partial charge in [0.1, 0.15) is 0 Å². The minimum atomic E-state index is 0.824. The lowest BCUT2D eigenvalue weighted by Crippen LogP contribution is -2.16. The molecule has 3 heteroatoms. The highest BCUT2D eigenvalue weighted by Crippen LogP contribution is 2.24. The van der Waals surface area contributed by atoms with Gasteiger partial charge in [-0.25, -0.2) is 0 Å². The standard InChI is InChI=1S/C18H25N3/c1-4-11-19-14-16-13-18(10-12-20-16)21(3)17-8-6-15(5-2)7-9-17/h6-10,12-13,19H,4-5,11,14H2,1-3H3. The van der Waals surface area contributed by atoms with E-state index in [1.165, 1.54) is 16.9 Å². The summed E-state index contributed by atoms with van der Waals surface area (Å²) in [5.41, 5.74) is 4.82. The van der Waals surface area contributed by atoms with Crippen molar-refractivity contribution in [2.24, 2.45) is 0 Å². The van der Waals surface area contributed by atoms with Crippen molar-refractivity contribution in [2.45, 2.75) is 33.2 Å². The average molecular weight is 283 g/mol. The van der Waals surface area contributed by atoms with Crippen molar-refractivity contribution in [1.82, 2.24) is 10.3 Å². The summed E-state index contributed by atoms with van der Waals surface area (Å²) in [6.45, 7) is 6.20. The van der Waals surface area contributed by atoms with Gasteiger partial charge in [-0.05, 0) is 49.2 Å².